The molecule has 0 spiro atoms. The number of rotatable bonds is 6. The number of para-hydroxylation sites is 1. The lowest BCUT2D eigenvalue weighted by molar-refractivity contribution is -0.117. The summed E-state index contributed by atoms with van der Waals surface area (Å²) in [4.78, 5) is 14.3. The molecule has 116 valence electrons. The molecule has 1 heterocycles. The van der Waals surface area contributed by atoms with Crippen LogP contribution in [0.2, 0.25) is 0 Å². The zero-order chi connectivity index (χ0) is 15.1. The number of ether oxygens (including phenoxy) is 1. The topological polar surface area (TPSA) is 67.6 Å². The summed E-state index contributed by atoms with van der Waals surface area (Å²) in [6, 6.07) is 8.06. The number of benzene rings is 1. The molecule has 1 aromatic carbocycles. The first-order valence-corrected chi connectivity index (χ1v) is 7.62. The third-order valence-corrected chi connectivity index (χ3v) is 3.75. The molecule has 0 bridgehead atoms. The van der Waals surface area contributed by atoms with E-state index in [1.807, 2.05) is 31.2 Å². The molecule has 5 heteroatoms. The Morgan fingerprint density at radius 2 is 2.10 bits per heavy atom. The molecule has 0 saturated carbocycles. The number of likely N-dealkylation sites (tertiary alicyclic amines) is 1. The molecular formula is C16H25N3O2. The summed E-state index contributed by atoms with van der Waals surface area (Å²) in [5.41, 5.74) is 7.72. The van der Waals surface area contributed by atoms with E-state index in [0.717, 1.165) is 37.2 Å². The second-order valence-corrected chi connectivity index (χ2v) is 5.46. The molecule has 5 nitrogen and oxygen atoms in total. The largest absolute Gasteiger partial charge is 0.377 e. The normalized spacial score (nSPS) is 16.9. The molecule has 0 atom stereocenters. The molecule has 3 N–H and O–H groups in total. The first-order chi connectivity index (χ1) is 10.2. The zero-order valence-electron chi connectivity index (χ0n) is 12.7. The Balaban J connectivity index is 1.87. The molecule has 0 aliphatic carbocycles. The van der Waals surface area contributed by atoms with Gasteiger partial charge < -0.3 is 15.8 Å². The van der Waals surface area contributed by atoms with E-state index >= 15 is 0 Å². The van der Waals surface area contributed by atoms with Gasteiger partial charge in [0, 0.05) is 37.0 Å². The van der Waals surface area contributed by atoms with Crippen molar-refractivity contribution < 1.29 is 9.53 Å². The number of amides is 1. The number of anilines is 1. The minimum Gasteiger partial charge on any atom is -0.377 e. The van der Waals surface area contributed by atoms with Gasteiger partial charge in [-0.15, -0.1) is 0 Å². The van der Waals surface area contributed by atoms with E-state index in [4.69, 9.17) is 10.5 Å². The minimum absolute atomic E-state index is 0.0226. The van der Waals surface area contributed by atoms with E-state index in [1.165, 1.54) is 0 Å². The van der Waals surface area contributed by atoms with Crippen LogP contribution in [-0.4, -0.2) is 43.1 Å². The molecule has 1 saturated heterocycles. The average molecular weight is 291 g/mol. The molecule has 2 rings (SSSR count). The number of carbonyl (C=O) groups excluding carboxylic acids is 1. The number of piperidine rings is 1. The summed E-state index contributed by atoms with van der Waals surface area (Å²) < 4.78 is 5.43. The quantitative estimate of drug-likeness (QED) is 0.835. The average Bonchev–Trinajstić information content (AvgIpc) is 2.49. The highest BCUT2D eigenvalue weighted by molar-refractivity contribution is 5.92. The van der Waals surface area contributed by atoms with Crippen LogP contribution in [0, 0.1) is 0 Å². The van der Waals surface area contributed by atoms with Crippen LogP contribution in [0.25, 0.3) is 0 Å². The Bertz CT molecular complexity index is 457. The SMILES string of the molecule is CCOCc1ccccc1NC(=O)CN1CCC(N)CC1. The Kier molecular flexibility index (Phi) is 6.17. The molecule has 0 aromatic heterocycles. The molecular weight excluding hydrogens is 266 g/mol. The Hall–Kier alpha value is -1.43. The van der Waals surface area contributed by atoms with Crippen LogP contribution in [-0.2, 0) is 16.1 Å². The molecule has 1 aromatic rings. The monoisotopic (exact) mass is 291 g/mol. The van der Waals surface area contributed by atoms with Gasteiger partial charge in [-0.05, 0) is 25.8 Å². The van der Waals surface area contributed by atoms with Gasteiger partial charge >= 0.3 is 0 Å². The number of carbonyl (C=O) groups is 1. The van der Waals surface area contributed by atoms with Crippen LogP contribution < -0.4 is 11.1 Å². The van der Waals surface area contributed by atoms with Crippen molar-refractivity contribution in [3.8, 4) is 0 Å². The number of nitrogens with zero attached hydrogens (tertiary/aromatic N) is 1. The molecule has 1 fully saturated rings. The maximum absolute atomic E-state index is 12.2. The number of nitrogens with one attached hydrogen (secondary N) is 1. The second-order valence-electron chi connectivity index (χ2n) is 5.46. The van der Waals surface area contributed by atoms with Crippen molar-refractivity contribution in [2.24, 2.45) is 5.73 Å². The van der Waals surface area contributed by atoms with E-state index in [-0.39, 0.29) is 11.9 Å². The molecule has 21 heavy (non-hydrogen) atoms. The fourth-order valence-electron chi connectivity index (χ4n) is 2.48. The van der Waals surface area contributed by atoms with Gasteiger partial charge in [-0.2, -0.15) is 0 Å². The standard InChI is InChI=1S/C16H25N3O2/c1-2-21-12-13-5-3-4-6-15(13)18-16(20)11-19-9-7-14(17)8-10-19/h3-6,14H,2,7-12,17H2,1H3,(H,18,20). The molecule has 1 amide bonds. The Labute approximate surface area is 126 Å². The molecule has 0 unspecified atom stereocenters. The van der Waals surface area contributed by atoms with Gasteiger partial charge in [-0.1, -0.05) is 18.2 Å². The summed E-state index contributed by atoms with van der Waals surface area (Å²) in [6.07, 6.45) is 1.93. The van der Waals surface area contributed by atoms with Gasteiger partial charge in [0.25, 0.3) is 0 Å². The van der Waals surface area contributed by atoms with E-state index in [1.54, 1.807) is 0 Å². The van der Waals surface area contributed by atoms with Crippen molar-refractivity contribution in [1.29, 1.82) is 0 Å². The van der Waals surface area contributed by atoms with Gasteiger partial charge in [0.05, 0.1) is 13.2 Å². The molecule has 0 radical (unpaired) electrons. The summed E-state index contributed by atoms with van der Waals surface area (Å²) in [5.74, 6) is 0.0226. The van der Waals surface area contributed by atoms with Gasteiger partial charge in [-0.25, -0.2) is 0 Å². The van der Waals surface area contributed by atoms with Gasteiger partial charge in [0.15, 0.2) is 0 Å². The summed E-state index contributed by atoms with van der Waals surface area (Å²) in [5, 5.41) is 2.99. The lowest BCUT2D eigenvalue weighted by atomic mass is 10.1. The second kappa shape index (κ2) is 8.12. The maximum Gasteiger partial charge on any atom is 0.238 e. The van der Waals surface area contributed by atoms with Crippen LogP contribution in [0.1, 0.15) is 25.3 Å². The van der Waals surface area contributed by atoms with E-state index in [9.17, 15) is 4.79 Å². The zero-order valence-corrected chi connectivity index (χ0v) is 12.7. The maximum atomic E-state index is 12.2. The first-order valence-electron chi connectivity index (χ1n) is 7.62. The Morgan fingerprint density at radius 1 is 1.38 bits per heavy atom. The smallest absolute Gasteiger partial charge is 0.238 e. The van der Waals surface area contributed by atoms with Crippen LogP contribution in [0.4, 0.5) is 5.69 Å². The van der Waals surface area contributed by atoms with Crippen molar-refractivity contribution in [2.75, 3.05) is 31.6 Å². The first kappa shape index (κ1) is 15.9. The predicted molar refractivity (Wildman–Crippen MR) is 84.1 cm³/mol. The van der Waals surface area contributed by atoms with E-state index in [0.29, 0.717) is 19.8 Å². The highest BCUT2D eigenvalue weighted by Gasteiger charge is 2.18. The minimum atomic E-state index is 0.0226. The van der Waals surface area contributed by atoms with Crippen LogP contribution in [0.3, 0.4) is 0 Å². The third kappa shape index (κ3) is 5.12. The van der Waals surface area contributed by atoms with Gasteiger partial charge in [-0.3, -0.25) is 9.69 Å². The van der Waals surface area contributed by atoms with Crippen LogP contribution >= 0.6 is 0 Å². The Morgan fingerprint density at radius 3 is 2.81 bits per heavy atom. The molecule has 1 aliphatic rings. The summed E-state index contributed by atoms with van der Waals surface area (Å²) in [7, 11) is 0. The molecule has 1 aliphatic heterocycles. The third-order valence-electron chi connectivity index (χ3n) is 3.75. The highest BCUT2D eigenvalue weighted by atomic mass is 16.5. The van der Waals surface area contributed by atoms with Crippen molar-refractivity contribution in [1.82, 2.24) is 4.90 Å². The fraction of sp³-hybridized carbons (Fsp3) is 0.562. The van der Waals surface area contributed by atoms with Gasteiger partial charge in [0.2, 0.25) is 5.91 Å². The number of nitrogens with two attached hydrogens (primary N) is 1. The summed E-state index contributed by atoms with van der Waals surface area (Å²) in [6.45, 7) is 5.37. The highest BCUT2D eigenvalue weighted by Crippen LogP contribution is 2.16. The fourth-order valence-corrected chi connectivity index (χ4v) is 2.48. The van der Waals surface area contributed by atoms with Gasteiger partial charge in [0.1, 0.15) is 0 Å². The predicted octanol–water partition coefficient (Wildman–Crippen LogP) is 1.58. The number of hydrogen-bond acceptors (Lipinski definition) is 4. The van der Waals surface area contributed by atoms with Crippen molar-refractivity contribution >= 4 is 11.6 Å². The van der Waals surface area contributed by atoms with Crippen LogP contribution in [0.5, 0.6) is 0 Å². The van der Waals surface area contributed by atoms with E-state index in [2.05, 4.69) is 10.2 Å². The summed E-state index contributed by atoms with van der Waals surface area (Å²) >= 11 is 0. The van der Waals surface area contributed by atoms with Crippen molar-refractivity contribution in [3.63, 3.8) is 0 Å². The van der Waals surface area contributed by atoms with Crippen molar-refractivity contribution in [2.45, 2.75) is 32.4 Å². The lowest BCUT2D eigenvalue weighted by Crippen LogP contribution is -2.43. The van der Waals surface area contributed by atoms with Crippen LogP contribution in [0.15, 0.2) is 24.3 Å². The lowest BCUT2D eigenvalue weighted by Gasteiger charge is -2.29. The number of hydrogen-bond donors (Lipinski definition) is 2. The van der Waals surface area contributed by atoms with Crippen molar-refractivity contribution in [3.05, 3.63) is 29.8 Å². The van der Waals surface area contributed by atoms with E-state index < -0.39 is 0 Å².